The van der Waals surface area contributed by atoms with Gasteiger partial charge in [-0.3, -0.25) is 9.78 Å². The van der Waals surface area contributed by atoms with E-state index in [2.05, 4.69) is 15.6 Å². The van der Waals surface area contributed by atoms with Crippen LogP contribution in [0.25, 0.3) is 0 Å². The molecule has 6 heteroatoms. The van der Waals surface area contributed by atoms with Crippen LogP contribution < -0.4 is 10.6 Å². The van der Waals surface area contributed by atoms with E-state index in [4.69, 9.17) is 0 Å². The van der Waals surface area contributed by atoms with Crippen molar-refractivity contribution in [2.45, 2.75) is 25.8 Å². The summed E-state index contributed by atoms with van der Waals surface area (Å²) in [5.74, 6) is -0.0256. The number of likely N-dealkylation sites (tertiary alicyclic amines) is 1. The first-order valence-corrected chi connectivity index (χ1v) is 6.43. The highest BCUT2D eigenvalue weighted by atomic mass is 16.2. The van der Waals surface area contributed by atoms with Gasteiger partial charge in [0.05, 0.1) is 0 Å². The molecule has 2 N–H and O–H groups in total. The molecule has 0 spiro atoms. The molecule has 1 aromatic heterocycles. The lowest BCUT2D eigenvalue weighted by atomic mass is 10.3. The fraction of sp³-hybridized carbons (Fsp3) is 0.462. The summed E-state index contributed by atoms with van der Waals surface area (Å²) in [4.78, 5) is 29.4. The van der Waals surface area contributed by atoms with Crippen LogP contribution in [0.1, 0.15) is 19.8 Å². The van der Waals surface area contributed by atoms with Crippen LogP contribution in [0.4, 0.5) is 10.5 Å². The summed E-state index contributed by atoms with van der Waals surface area (Å²) in [6.07, 6.45) is 5.27. The summed E-state index contributed by atoms with van der Waals surface area (Å²) in [6.45, 7) is 3.28. The van der Waals surface area contributed by atoms with Gasteiger partial charge in [-0.25, -0.2) is 4.79 Å². The molecular weight excluding hydrogens is 244 g/mol. The molecule has 0 aromatic carbocycles. The van der Waals surface area contributed by atoms with Crippen molar-refractivity contribution < 1.29 is 9.59 Å². The van der Waals surface area contributed by atoms with Crippen molar-refractivity contribution in [1.82, 2.24) is 15.2 Å². The molecule has 3 amide bonds. The lowest BCUT2D eigenvalue weighted by Gasteiger charge is -2.21. The standard InChI is InChI=1S/C13H18N4O2/c1-10(12(18)17-8-2-3-9-17)15-13(19)16-11-4-6-14-7-5-11/h4-7,10H,2-3,8-9H2,1H3,(H2,14,15,16,19)/t10-/m1/s1. The normalized spacial score (nSPS) is 15.9. The molecule has 2 rings (SSSR count). The van der Waals surface area contributed by atoms with Crippen LogP contribution in [0.3, 0.4) is 0 Å². The summed E-state index contributed by atoms with van der Waals surface area (Å²) in [6, 6.07) is 2.48. The molecule has 1 aromatic rings. The lowest BCUT2D eigenvalue weighted by molar-refractivity contribution is -0.131. The van der Waals surface area contributed by atoms with Crippen molar-refractivity contribution in [3.8, 4) is 0 Å². The summed E-state index contributed by atoms with van der Waals surface area (Å²) >= 11 is 0. The van der Waals surface area contributed by atoms with Crippen LogP contribution in [-0.4, -0.2) is 41.0 Å². The van der Waals surface area contributed by atoms with E-state index in [1.54, 1.807) is 36.4 Å². The smallest absolute Gasteiger partial charge is 0.319 e. The van der Waals surface area contributed by atoms with Crippen LogP contribution in [-0.2, 0) is 4.79 Å². The zero-order valence-electron chi connectivity index (χ0n) is 10.9. The highest BCUT2D eigenvalue weighted by molar-refractivity contribution is 5.93. The van der Waals surface area contributed by atoms with E-state index in [0.717, 1.165) is 25.9 Å². The molecule has 1 aliphatic heterocycles. The van der Waals surface area contributed by atoms with Crippen molar-refractivity contribution in [2.75, 3.05) is 18.4 Å². The molecule has 0 saturated carbocycles. The maximum atomic E-state index is 12.0. The SMILES string of the molecule is C[C@@H](NC(=O)Nc1ccncc1)C(=O)N1CCCC1. The van der Waals surface area contributed by atoms with Gasteiger partial charge in [-0.15, -0.1) is 0 Å². The largest absolute Gasteiger partial charge is 0.341 e. The van der Waals surface area contributed by atoms with Gasteiger partial charge in [-0.1, -0.05) is 0 Å². The predicted molar refractivity (Wildman–Crippen MR) is 71.7 cm³/mol. The quantitative estimate of drug-likeness (QED) is 0.860. The summed E-state index contributed by atoms with van der Waals surface area (Å²) in [7, 11) is 0. The first-order chi connectivity index (χ1) is 9.16. The third kappa shape index (κ3) is 3.67. The number of rotatable bonds is 3. The second-order valence-electron chi connectivity index (χ2n) is 4.59. The Morgan fingerprint density at radius 1 is 1.26 bits per heavy atom. The molecule has 0 radical (unpaired) electrons. The van der Waals surface area contributed by atoms with Crippen LogP contribution >= 0.6 is 0 Å². The van der Waals surface area contributed by atoms with E-state index in [1.807, 2.05) is 0 Å². The van der Waals surface area contributed by atoms with Gasteiger partial charge in [0.15, 0.2) is 0 Å². The van der Waals surface area contributed by atoms with E-state index in [9.17, 15) is 9.59 Å². The Morgan fingerprint density at radius 2 is 1.89 bits per heavy atom. The first kappa shape index (κ1) is 13.3. The highest BCUT2D eigenvalue weighted by Gasteiger charge is 2.24. The van der Waals surface area contributed by atoms with Crippen LogP contribution in [0, 0.1) is 0 Å². The van der Waals surface area contributed by atoms with E-state index in [1.165, 1.54) is 0 Å². The summed E-state index contributed by atoms with van der Waals surface area (Å²) in [5.41, 5.74) is 0.647. The minimum Gasteiger partial charge on any atom is -0.341 e. The van der Waals surface area contributed by atoms with Crippen molar-refractivity contribution in [3.05, 3.63) is 24.5 Å². The molecule has 1 atom stereocenters. The van der Waals surface area contributed by atoms with Gasteiger partial charge in [0, 0.05) is 31.2 Å². The Hall–Kier alpha value is -2.11. The fourth-order valence-corrected chi connectivity index (χ4v) is 2.07. The number of pyridine rings is 1. The van der Waals surface area contributed by atoms with E-state index in [-0.39, 0.29) is 11.9 Å². The second kappa shape index (κ2) is 6.17. The Bertz CT molecular complexity index is 443. The molecule has 19 heavy (non-hydrogen) atoms. The molecule has 1 aliphatic rings. The number of nitrogens with zero attached hydrogens (tertiary/aromatic N) is 2. The van der Waals surface area contributed by atoms with Gasteiger partial charge in [0.1, 0.15) is 6.04 Å². The first-order valence-electron chi connectivity index (χ1n) is 6.43. The average Bonchev–Trinajstić information content (AvgIpc) is 2.92. The fourth-order valence-electron chi connectivity index (χ4n) is 2.07. The van der Waals surface area contributed by atoms with Crippen molar-refractivity contribution in [2.24, 2.45) is 0 Å². The minimum atomic E-state index is -0.514. The zero-order valence-corrected chi connectivity index (χ0v) is 10.9. The topological polar surface area (TPSA) is 74.3 Å². The van der Waals surface area contributed by atoms with Gasteiger partial charge in [-0.2, -0.15) is 0 Å². The second-order valence-corrected chi connectivity index (χ2v) is 4.59. The molecule has 0 bridgehead atoms. The van der Waals surface area contributed by atoms with Gasteiger partial charge in [0.2, 0.25) is 5.91 Å². The summed E-state index contributed by atoms with van der Waals surface area (Å²) < 4.78 is 0. The van der Waals surface area contributed by atoms with Gasteiger partial charge in [0.25, 0.3) is 0 Å². The van der Waals surface area contributed by atoms with Crippen LogP contribution in [0.15, 0.2) is 24.5 Å². The number of aromatic nitrogens is 1. The molecule has 2 heterocycles. The van der Waals surface area contributed by atoms with Crippen LogP contribution in [0.2, 0.25) is 0 Å². The molecular formula is C13H18N4O2. The number of carbonyl (C=O) groups excluding carboxylic acids is 2. The number of nitrogens with one attached hydrogen (secondary N) is 2. The molecule has 0 aliphatic carbocycles. The molecule has 1 fully saturated rings. The Kier molecular flexibility index (Phi) is 4.33. The minimum absolute atomic E-state index is 0.0256. The number of hydrogen-bond acceptors (Lipinski definition) is 3. The Balaban J connectivity index is 1.83. The Morgan fingerprint density at radius 3 is 2.53 bits per heavy atom. The van der Waals surface area contributed by atoms with Crippen LogP contribution in [0.5, 0.6) is 0 Å². The number of amides is 3. The van der Waals surface area contributed by atoms with E-state index < -0.39 is 6.04 Å². The molecule has 6 nitrogen and oxygen atoms in total. The third-order valence-corrected chi connectivity index (χ3v) is 3.07. The van der Waals surface area contributed by atoms with Gasteiger partial charge >= 0.3 is 6.03 Å². The predicted octanol–water partition coefficient (Wildman–Crippen LogP) is 1.21. The number of urea groups is 1. The average molecular weight is 262 g/mol. The highest BCUT2D eigenvalue weighted by Crippen LogP contribution is 2.09. The van der Waals surface area contributed by atoms with Crippen molar-refractivity contribution >= 4 is 17.6 Å². The van der Waals surface area contributed by atoms with E-state index >= 15 is 0 Å². The lowest BCUT2D eigenvalue weighted by Crippen LogP contribution is -2.47. The molecule has 1 saturated heterocycles. The van der Waals surface area contributed by atoms with E-state index in [0.29, 0.717) is 5.69 Å². The third-order valence-electron chi connectivity index (χ3n) is 3.07. The van der Waals surface area contributed by atoms with Crippen molar-refractivity contribution in [3.63, 3.8) is 0 Å². The summed E-state index contributed by atoms with van der Waals surface area (Å²) in [5, 5.41) is 5.30. The maximum absolute atomic E-state index is 12.0. The zero-order chi connectivity index (χ0) is 13.7. The number of hydrogen-bond donors (Lipinski definition) is 2. The maximum Gasteiger partial charge on any atom is 0.319 e. The van der Waals surface area contributed by atoms with Crippen molar-refractivity contribution in [1.29, 1.82) is 0 Å². The Labute approximate surface area is 112 Å². The van der Waals surface area contributed by atoms with Gasteiger partial charge in [-0.05, 0) is 31.9 Å². The monoisotopic (exact) mass is 262 g/mol. The number of anilines is 1. The molecule has 0 unspecified atom stereocenters. The van der Waals surface area contributed by atoms with Gasteiger partial charge < -0.3 is 15.5 Å². The molecule has 102 valence electrons. The number of carbonyl (C=O) groups is 2.